The molecule has 0 amide bonds. The molecule has 0 fully saturated rings. The van der Waals surface area contributed by atoms with Crippen molar-refractivity contribution in [2.45, 2.75) is 6.54 Å². The minimum Gasteiger partial charge on any atom is -0.496 e. The van der Waals surface area contributed by atoms with Crippen LogP contribution >= 0.6 is 34.2 Å². The zero-order chi connectivity index (χ0) is 16.7. The predicted molar refractivity (Wildman–Crippen MR) is 105 cm³/mol. The summed E-state index contributed by atoms with van der Waals surface area (Å²) in [5, 5.41) is 6.84. The van der Waals surface area contributed by atoms with Gasteiger partial charge in [0.1, 0.15) is 10.9 Å². The normalized spacial score (nSPS) is 11.3. The Morgan fingerprint density at radius 1 is 1.17 bits per heavy atom. The second-order valence-corrected chi connectivity index (χ2v) is 6.98. The average molecular weight is 450 g/mol. The summed E-state index contributed by atoms with van der Waals surface area (Å²) in [7, 11) is 1.67. The summed E-state index contributed by atoms with van der Waals surface area (Å²) in [6.07, 6.45) is 1.78. The molecule has 24 heavy (non-hydrogen) atoms. The number of rotatable bonds is 3. The van der Waals surface area contributed by atoms with Crippen LogP contribution < -0.4 is 4.74 Å². The number of halogens is 2. The fourth-order valence-corrected chi connectivity index (χ4v) is 3.74. The molecule has 0 unspecified atom stereocenters. The van der Waals surface area contributed by atoms with E-state index in [1.807, 2.05) is 35.0 Å². The Kier molecular flexibility index (Phi) is 4.05. The van der Waals surface area contributed by atoms with Crippen LogP contribution in [0.1, 0.15) is 5.56 Å². The maximum atomic E-state index is 6.38. The highest BCUT2D eigenvalue weighted by Gasteiger charge is 2.15. The van der Waals surface area contributed by atoms with Crippen molar-refractivity contribution in [1.82, 2.24) is 14.8 Å². The first-order valence-electron chi connectivity index (χ1n) is 7.39. The van der Waals surface area contributed by atoms with Gasteiger partial charge in [-0.2, -0.15) is 5.10 Å². The number of hydrogen-bond acceptors (Lipinski definition) is 3. The number of pyridine rings is 1. The SMILES string of the molecule is COc1cc2c(cc1I)nc(Cl)c1cnn(Cc3ccccc3)c12. The number of fused-ring (bicyclic) bond motifs is 3. The first kappa shape index (κ1) is 15.7. The van der Waals surface area contributed by atoms with E-state index in [4.69, 9.17) is 16.3 Å². The molecule has 4 rings (SSSR count). The van der Waals surface area contributed by atoms with Crippen LogP contribution in [-0.2, 0) is 6.54 Å². The van der Waals surface area contributed by atoms with Crippen LogP contribution in [0.3, 0.4) is 0 Å². The standard InChI is InChI=1S/C18H13ClIN3O/c1-24-16-7-12-15(8-14(16)20)22-18(19)13-9-21-23(17(12)13)10-11-5-3-2-4-6-11/h2-9H,10H2,1H3. The molecule has 0 aliphatic heterocycles. The van der Waals surface area contributed by atoms with Crippen LogP contribution in [0.25, 0.3) is 21.8 Å². The molecule has 2 aromatic carbocycles. The van der Waals surface area contributed by atoms with E-state index in [0.717, 1.165) is 31.1 Å². The molecule has 0 spiro atoms. The van der Waals surface area contributed by atoms with Crippen molar-refractivity contribution >= 4 is 56.0 Å². The molecule has 0 bridgehead atoms. The van der Waals surface area contributed by atoms with Crippen LogP contribution in [0.4, 0.5) is 0 Å². The van der Waals surface area contributed by atoms with Gasteiger partial charge < -0.3 is 4.74 Å². The van der Waals surface area contributed by atoms with Crippen molar-refractivity contribution in [2.24, 2.45) is 0 Å². The Hall–Kier alpha value is -1.86. The first-order valence-corrected chi connectivity index (χ1v) is 8.85. The van der Waals surface area contributed by atoms with Crippen molar-refractivity contribution < 1.29 is 4.74 Å². The van der Waals surface area contributed by atoms with Crippen LogP contribution in [0, 0.1) is 3.57 Å². The van der Waals surface area contributed by atoms with Crippen molar-refractivity contribution in [3.05, 3.63) is 62.9 Å². The molecule has 120 valence electrons. The fourth-order valence-electron chi connectivity index (χ4n) is 2.84. The van der Waals surface area contributed by atoms with E-state index < -0.39 is 0 Å². The maximum Gasteiger partial charge on any atom is 0.140 e. The van der Waals surface area contributed by atoms with Crippen LogP contribution in [0.15, 0.2) is 48.7 Å². The summed E-state index contributed by atoms with van der Waals surface area (Å²) >= 11 is 8.62. The lowest BCUT2D eigenvalue weighted by molar-refractivity contribution is 0.412. The summed E-state index contributed by atoms with van der Waals surface area (Å²) in [4.78, 5) is 4.51. The Morgan fingerprint density at radius 3 is 2.71 bits per heavy atom. The molecule has 0 aliphatic rings. The smallest absolute Gasteiger partial charge is 0.140 e. The van der Waals surface area contributed by atoms with Crippen molar-refractivity contribution in [1.29, 1.82) is 0 Å². The number of methoxy groups -OCH3 is 1. The zero-order valence-corrected chi connectivity index (χ0v) is 15.7. The highest BCUT2D eigenvalue weighted by atomic mass is 127. The van der Waals surface area contributed by atoms with E-state index in [0.29, 0.717) is 11.7 Å². The monoisotopic (exact) mass is 449 g/mol. The van der Waals surface area contributed by atoms with E-state index in [-0.39, 0.29) is 0 Å². The Labute approximate surface area is 157 Å². The predicted octanol–water partition coefficient (Wildman–Crippen LogP) is 4.90. The minimum absolute atomic E-state index is 0.470. The molecule has 0 saturated heterocycles. The lowest BCUT2D eigenvalue weighted by Gasteiger charge is -2.10. The van der Waals surface area contributed by atoms with Gasteiger partial charge in [-0.05, 0) is 40.3 Å². The summed E-state index contributed by atoms with van der Waals surface area (Å²) in [5.74, 6) is 0.820. The van der Waals surface area contributed by atoms with Gasteiger partial charge in [0.05, 0.1) is 39.8 Å². The van der Waals surface area contributed by atoms with Gasteiger partial charge in [0.25, 0.3) is 0 Å². The molecule has 0 N–H and O–H groups in total. The van der Waals surface area contributed by atoms with Gasteiger partial charge in [-0.1, -0.05) is 41.9 Å². The number of ether oxygens (including phenoxy) is 1. The van der Waals surface area contributed by atoms with Gasteiger partial charge in [0.2, 0.25) is 0 Å². The van der Waals surface area contributed by atoms with Crippen molar-refractivity contribution in [2.75, 3.05) is 7.11 Å². The maximum absolute atomic E-state index is 6.38. The second-order valence-electron chi connectivity index (χ2n) is 5.46. The van der Waals surface area contributed by atoms with E-state index in [1.165, 1.54) is 5.56 Å². The van der Waals surface area contributed by atoms with Crippen molar-refractivity contribution in [3.8, 4) is 5.75 Å². The van der Waals surface area contributed by atoms with Gasteiger partial charge in [-0.3, -0.25) is 4.68 Å². The van der Waals surface area contributed by atoms with Gasteiger partial charge in [-0.25, -0.2) is 4.98 Å². The summed E-state index contributed by atoms with van der Waals surface area (Å²) in [5.41, 5.74) is 3.00. The Bertz CT molecular complexity index is 1050. The van der Waals surface area contributed by atoms with Gasteiger partial charge in [-0.15, -0.1) is 0 Å². The summed E-state index contributed by atoms with van der Waals surface area (Å²) < 4.78 is 8.43. The second kappa shape index (κ2) is 6.22. The summed E-state index contributed by atoms with van der Waals surface area (Å²) in [6.45, 7) is 0.675. The summed E-state index contributed by atoms with van der Waals surface area (Å²) in [6, 6.07) is 14.2. The van der Waals surface area contributed by atoms with E-state index in [1.54, 1.807) is 13.3 Å². The lowest BCUT2D eigenvalue weighted by Crippen LogP contribution is -2.02. The van der Waals surface area contributed by atoms with Crippen LogP contribution in [0.2, 0.25) is 5.15 Å². The fraction of sp³-hybridized carbons (Fsp3) is 0.111. The molecule has 0 radical (unpaired) electrons. The molecule has 6 heteroatoms. The van der Waals surface area contributed by atoms with Crippen LogP contribution in [0.5, 0.6) is 5.75 Å². The van der Waals surface area contributed by atoms with Gasteiger partial charge in [0, 0.05) is 5.39 Å². The average Bonchev–Trinajstić information content (AvgIpc) is 3.00. The molecule has 2 heterocycles. The molecule has 0 saturated carbocycles. The molecule has 0 atom stereocenters. The molecule has 4 aromatic rings. The third kappa shape index (κ3) is 2.61. The quantitative estimate of drug-likeness (QED) is 0.330. The van der Waals surface area contributed by atoms with E-state index in [9.17, 15) is 0 Å². The minimum atomic E-state index is 0.470. The van der Waals surface area contributed by atoms with Gasteiger partial charge in [0.15, 0.2) is 0 Å². The molecule has 4 nitrogen and oxygen atoms in total. The number of hydrogen-bond donors (Lipinski definition) is 0. The van der Waals surface area contributed by atoms with E-state index >= 15 is 0 Å². The molecule has 2 aromatic heterocycles. The number of benzene rings is 2. The number of nitrogens with zero attached hydrogens (tertiary/aromatic N) is 3. The molecule has 0 aliphatic carbocycles. The third-order valence-electron chi connectivity index (χ3n) is 3.98. The van der Waals surface area contributed by atoms with Gasteiger partial charge >= 0.3 is 0 Å². The third-order valence-corrected chi connectivity index (χ3v) is 5.11. The van der Waals surface area contributed by atoms with Crippen LogP contribution in [-0.4, -0.2) is 21.9 Å². The molecular weight excluding hydrogens is 437 g/mol. The highest BCUT2D eigenvalue weighted by Crippen LogP contribution is 2.34. The topological polar surface area (TPSA) is 39.9 Å². The number of aromatic nitrogens is 3. The Morgan fingerprint density at radius 2 is 1.96 bits per heavy atom. The largest absolute Gasteiger partial charge is 0.496 e. The Balaban J connectivity index is 2.00. The zero-order valence-electron chi connectivity index (χ0n) is 12.8. The molecular formula is C18H13ClIN3O. The lowest BCUT2D eigenvalue weighted by atomic mass is 10.1. The highest BCUT2D eigenvalue weighted by molar-refractivity contribution is 14.1. The van der Waals surface area contributed by atoms with E-state index in [2.05, 4.69) is 44.8 Å². The van der Waals surface area contributed by atoms with Crippen molar-refractivity contribution in [3.63, 3.8) is 0 Å². The first-order chi connectivity index (χ1) is 11.7.